The Balaban J connectivity index is 1.90. The molecular formula is C29H39N3O7. The Morgan fingerprint density at radius 3 is 2.41 bits per heavy atom. The average molecular weight is 542 g/mol. The Kier molecular flexibility index (Phi) is 8.77. The minimum atomic E-state index is -0.962. The van der Waals surface area contributed by atoms with Crippen molar-refractivity contribution in [2.75, 3.05) is 20.8 Å². The Labute approximate surface area is 229 Å². The van der Waals surface area contributed by atoms with Crippen molar-refractivity contribution in [1.82, 2.24) is 15.2 Å². The zero-order valence-corrected chi connectivity index (χ0v) is 24.0. The van der Waals surface area contributed by atoms with Crippen LogP contribution >= 0.6 is 0 Å². The number of carbonyl (C=O) groups is 3. The molecule has 2 aromatic rings. The molecule has 1 aromatic carbocycles. The zero-order chi connectivity index (χ0) is 29.1. The topological polar surface area (TPSA) is 116 Å². The fraction of sp³-hybridized carbons (Fsp3) is 0.517. The zero-order valence-electron chi connectivity index (χ0n) is 24.0. The van der Waals surface area contributed by atoms with E-state index in [4.69, 9.17) is 18.9 Å². The summed E-state index contributed by atoms with van der Waals surface area (Å²) in [4.78, 5) is 45.0. The first-order valence-corrected chi connectivity index (χ1v) is 12.8. The number of nitrogens with zero attached hydrogens (tertiary/aromatic N) is 2. The van der Waals surface area contributed by atoms with Crippen molar-refractivity contribution in [3.05, 3.63) is 36.5 Å². The van der Waals surface area contributed by atoms with Crippen molar-refractivity contribution in [2.24, 2.45) is 5.41 Å². The van der Waals surface area contributed by atoms with Crippen LogP contribution in [-0.2, 0) is 19.1 Å². The average Bonchev–Trinajstić information content (AvgIpc) is 3.27. The summed E-state index contributed by atoms with van der Waals surface area (Å²) in [6, 6.07) is 3.74. The first kappa shape index (κ1) is 29.7. The minimum Gasteiger partial charge on any atom is -0.496 e. The number of amides is 2. The maximum atomic E-state index is 13.8. The van der Waals surface area contributed by atoms with E-state index in [0.29, 0.717) is 11.6 Å². The van der Waals surface area contributed by atoms with Gasteiger partial charge in [0, 0.05) is 23.6 Å². The number of aromatic nitrogens is 1. The van der Waals surface area contributed by atoms with Gasteiger partial charge in [-0.3, -0.25) is 4.79 Å². The van der Waals surface area contributed by atoms with Crippen LogP contribution in [0.25, 0.3) is 16.8 Å². The third-order valence-corrected chi connectivity index (χ3v) is 6.37. The molecule has 10 heteroatoms. The van der Waals surface area contributed by atoms with E-state index >= 15 is 0 Å². The summed E-state index contributed by atoms with van der Waals surface area (Å²) in [5.74, 6) is 0.0347. The van der Waals surface area contributed by atoms with Crippen LogP contribution in [0.4, 0.5) is 4.79 Å². The maximum Gasteiger partial charge on any atom is 0.408 e. The highest BCUT2D eigenvalue weighted by Gasteiger charge is 2.46. The highest BCUT2D eigenvalue weighted by Crippen LogP contribution is 2.34. The Morgan fingerprint density at radius 1 is 1.15 bits per heavy atom. The van der Waals surface area contributed by atoms with E-state index in [1.54, 1.807) is 40.2 Å². The summed E-state index contributed by atoms with van der Waals surface area (Å²) >= 11 is 0. The van der Waals surface area contributed by atoms with Gasteiger partial charge in [-0.05, 0) is 49.8 Å². The van der Waals surface area contributed by atoms with Gasteiger partial charge in [-0.15, -0.1) is 0 Å². The number of carbonyl (C=O) groups excluding carboxylic acids is 3. The van der Waals surface area contributed by atoms with Crippen LogP contribution in [0.5, 0.6) is 11.6 Å². The molecule has 1 N–H and O–H groups in total. The van der Waals surface area contributed by atoms with Gasteiger partial charge in [-0.1, -0.05) is 33.4 Å². The lowest BCUT2D eigenvalue weighted by Gasteiger charge is -2.35. The van der Waals surface area contributed by atoms with E-state index in [1.165, 1.54) is 12.0 Å². The van der Waals surface area contributed by atoms with Gasteiger partial charge in [0.2, 0.25) is 11.8 Å². The molecule has 0 saturated carbocycles. The SMILES string of the molecule is C=Cc1cc2c(O[C@@H]3C[C@@H](C(=O)OC)N(C(=O)C(NC(=O)OC(C)(C)C)C(C)(C)C)C3)nccc2cc1OC. The predicted molar refractivity (Wildman–Crippen MR) is 148 cm³/mol. The number of methoxy groups -OCH3 is 2. The van der Waals surface area contributed by atoms with Crippen molar-refractivity contribution in [3.8, 4) is 11.6 Å². The van der Waals surface area contributed by atoms with Crippen molar-refractivity contribution in [1.29, 1.82) is 0 Å². The summed E-state index contributed by atoms with van der Waals surface area (Å²) in [6.07, 6.45) is 2.24. The van der Waals surface area contributed by atoms with Crippen LogP contribution in [0.15, 0.2) is 31.0 Å². The van der Waals surface area contributed by atoms with Crippen molar-refractivity contribution < 1.29 is 33.3 Å². The number of benzene rings is 1. The monoisotopic (exact) mass is 541 g/mol. The molecule has 2 heterocycles. The van der Waals surface area contributed by atoms with Gasteiger partial charge in [0.15, 0.2) is 0 Å². The van der Waals surface area contributed by atoms with Crippen molar-refractivity contribution in [2.45, 2.75) is 71.8 Å². The molecule has 39 heavy (non-hydrogen) atoms. The molecule has 3 atom stereocenters. The smallest absolute Gasteiger partial charge is 0.408 e. The number of hydrogen-bond acceptors (Lipinski definition) is 8. The summed E-state index contributed by atoms with van der Waals surface area (Å²) < 4.78 is 22.1. The number of pyridine rings is 1. The molecular weight excluding hydrogens is 502 g/mol. The van der Waals surface area contributed by atoms with Gasteiger partial charge < -0.3 is 29.2 Å². The lowest BCUT2D eigenvalue weighted by atomic mass is 9.85. The van der Waals surface area contributed by atoms with Crippen LogP contribution < -0.4 is 14.8 Å². The molecule has 1 fully saturated rings. The molecule has 0 aliphatic carbocycles. The van der Waals surface area contributed by atoms with Gasteiger partial charge >= 0.3 is 12.1 Å². The molecule has 1 unspecified atom stereocenters. The normalized spacial score (nSPS) is 18.3. The van der Waals surface area contributed by atoms with Gasteiger partial charge in [0.25, 0.3) is 0 Å². The highest BCUT2D eigenvalue weighted by atomic mass is 16.6. The van der Waals surface area contributed by atoms with Gasteiger partial charge in [-0.2, -0.15) is 0 Å². The second kappa shape index (κ2) is 11.5. The number of rotatable bonds is 7. The quantitative estimate of drug-likeness (QED) is 0.515. The number of esters is 1. The second-order valence-corrected chi connectivity index (χ2v) is 11.6. The van der Waals surface area contributed by atoms with Crippen molar-refractivity contribution in [3.63, 3.8) is 0 Å². The summed E-state index contributed by atoms with van der Waals surface area (Å²) in [7, 11) is 2.86. The maximum absolute atomic E-state index is 13.8. The molecule has 3 rings (SSSR count). The third-order valence-electron chi connectivity index (χ3n) is 6.37. The standard InChI is InChI=1S/C29H39N3O7/c1-10-17-13-20-18(14-22(17)36-8)11-12-30-24(20)38-19-15-21(26(34)37-9)32(16-19)25(33)23(28(2,3)4)31-27(35)39-29(5,6)7/h10-14,19,21,23H,1,15-16H2,2-9H3,(H,31,35)/t19-,21+,23?/m1/s1. The fourth-order valence-electron chi connectivity index (χ4n) is 4.50. The van der Waals surface area contributed by atoms with Crippen LogP contribution in [0.1, 0.15) is 53.5 Å². The molecule has 1 aliphatic rings. The lowest BCUT2D eigenvalue weighted by molar-refractivity contribution is -0.152. The van der Waals surface area contributed by atoms with E-state index in [-0.39, 0.29) is 13.0 Å². The first-order chi connectivity index (χ1) is 18.2. The number of nitrogens with one attached hydrogen (secondary N) is 1. The Hall–Kier alpha value is -3.82. The molecule has 1 saturated heterocycles. The van der Waals surface area contributed by atoms with Gasteiger partial charge in [-0.25, -0.2) is 14.6 Å². The van der Waals surface area contributed by atoms with E-state index in [1.807, 2.05) is 39.0 Å². The predicted octanol–water partition coefficient (Wildman–Crippen LogP) is 4.35. The molecule has 0 bridgehead atoms. The van der Waals surface area contributed by atoms with E-state index < -0.39 is 47.2 Å². The third kappa shape index (κ3) is 6.99. The molecule has 0 radical (unpaired) electrons. The van der Waals surface area contributed by atoms with E-state index in [9.17, 15) is 14.4 Å². The molecule has 0 spiro atoms. The minimum absolute atomic E-state index is 0.101. The van der Waals surface area contributed by atoms with Gasteiger partial charge in [0.1, 0.15) is 29.5 Å². The summed E-state index contributed by atoms with van der Waals surface area (Å²) in [5.41, 5.74) is -0.637. The van der Waals surface area contributed by atoms with Crippen molar-refractivity contribution >= 4 is 34.8 Å². The fourth-order valence-corrected chi connectivity index (χ4v) is 4.50. The number of alkyl carbamates (subject to hydrolysis) is 1. The second-order valence-electron chi connectivity index (χ2n) is 11.6. The molecule has 1 aliphatic heterocycles. The highest BCUT2D eigenvalue weighted by molar-refractivity contribution is 5.92. The number of hydrogen-bond donors (Lipinski definition) is 1. The number of fused-ring (bicyclic) bond motifs is 1. The number of likely N-dealkylation sites (tertiary alicyclic amines) is 1. The Morgan fingerprint density at radius 2 is 1.85 bits per heavy atom. The number of ether oxygens (including phenoxy) is 4. The molecule has 10 nitrogen and oxygen atoms in total. The molecule has 2 amide bonds. The summed E-state index contributed by atoms with van der Waals surface area (Å²) in [5, 5.41) is 4.30. The van der Waals surface area contributed by atoms with E-state index in [0.717, 1.165) is 16.3 Å². The summed E-state index contributed by atoms with van der Waals surface area (Å²) in [6.45, 7) is 14.7. The lowest BCUT2D eigenvalue weighted by Crippen LogP contribution is -2.57. The van der Waals surface area contributed by atoms with Gasteiger partial charge in [0.05, 0.1) is 20.8 Å². The van der Waals surface area contributed by atoms with Crippen LogP contribution in [0.2, 0.25) is 0 Å². The first-order valence-electron chi connectivity index (χ1n) is 12.8. The van der Waals surface area contributed by atoms with Crippen LogP contribution in [0.3, 0.4) is 0 Å². The molecule has 212 valence electrons. The largest absolute Gasteiger partial charge is 0.496 e. The molecule has 1 aromatic heterocycles. The van der Waals surface area contributed by atoms with E-state index in [2.05, 4.69) is 16.9 Å². The van der Waals surface area contributed by atoms with Crippen LogP contribution in [0, 0.1) is 5.41 Å². The Bertz CT molecular complexity index is 1250. The van der Waals surface area contributed by atoms with Crippen LogP contribution in [-0.4, -0.2) is 72.4 Å².